The minimum absolute atomic E-state index is 0.129. The zero-order chi connectivity index (χ0) is 17.4. The second kappa shape index (κ2) is 6.71. The molecule has 1 aromatic carbocycles. The van der Waals surface area contributed by atoms with Crippen LogP contribution in [0.15, 0.2) is 24.3 Å². The van der Waals surface area contributed by atoms with Gasteiger partial charge >= 0.3 is 0 Å². The molecule has 5 rings (SSSR count). The van der Waals surface area contributed by atoms with Crippen molar-refractivity contribution in [3.63, 3.8) is 0 Å². The maximum atomic E-state index is 13.3. The van der Waals surface area contributed by atoms with E-state index in [1.807, 2.05) is 13.1 Å². The number of nitrogens with one attached hydrogen (secondary N) is 2. The second-order valence-corrected chi connectivity index (χ2v) is 9.13. The van der Waals surface area contributed by atoms with Crippen molar-refractivity contribution in [1.82, 2.24) is 5.32 Å². The van der Waals surface area contributed by atoms with Gasteiger partial charge in [0.25, 0.3) is 5.91 Å². The molecule has 1 amide bonds. The molecule has 1 atom stereocenters. The van der Waals surface area contributed by atoms with Gasteiger partial charge in [-0.2, -0.15) is 0 Å². The van der Waals surface area contributed by atoms with Crippen LogP contribution in [0.3, 0.4) is 0 Å². The number of amides is 1. The van der Waals surface area contributed by atoms with E-state index < -0.39 is 0 Å². The Bertz CT molecular complexity index is 609. The zero-order valence-electron chi connectivity index (χ0n) is 15.2. The van der Waals surface area contributed by atoms with Gasteiger partial charge in [-0.05, 0) is 73.8 Å². The van der Waals surface area contributed by atoms with E-state index in [4.69, 9.17) is 0 Å². The summed E-state index contributed by atoms with van der Waals surface area (Å²) in [6.45, 7) is 1.98. The summed E-state index contributed by atoms with van der Waals surface area (Å²) in [5.41, 5.74) is 1.33. The molecule has 4 bridgehead atoms. The van der Waals surface area contributed by atoms with Crippen molar-refractivity contribution in [3.05, 3.63) is 35.6 Å². The van der Waals surface area contributed by atoms with E-state index in [0.717, 1.165) is 34.8 Å². The molecule has 1 unspecified atom stereocenters. The highest BCUT2D eigenvalue weighted by atomic mass is 19.1. The van der Waals surface area contributed by atoms with Gasteiger partial charge in [-0.15, -0.1) is 0 Å². The summed E-state index contributed by atoms with van der Waals surface area (Å²) in [5.74, 6) is 2.68. The lowest BCUT2D eigenvalue weighted by Crippen LogP contribution is -3.08. The molecule has 4 heteroatoms. The first-order valence-corrected chi connectivity index (χ1v) is 9.82. The Hall–Kier alpha value is -1.42. The molecule has 0 heterocycles. The quantitative estimate of drug-likeness (QED) is 0.814. The average Bonchev–Trinajstić information content (AvgIpc) is 2.51. The smallest absolute Gasteiger partial charge is 0.275 e. The van der Waals surface area contributed by atoms with Gasteiger partial charge in [-0.1, -0.05) is 12.1 Å². The first-order valence-electron chi connectivity index (χ1n) is 9.82. The summed E-state index contributed by atoms with van der Waals surface area (Å²) in [7, 11) is 2.00. The van der Waals surface area contributed by atoms with Gasteiger partial charge in [0.15, 0.2) is 6.54 Å². The summed E-state index contributed by atoms with van der Waals surface area (Å²) < 4.78 is 13.3. The van der Waals surface area contributed by atoms with Crippen molar-refractivity contribution in [2.75, 3.05) is 20.1 Å². The van der Waals surface area contributed by atoms with Crippen LogP contribution in [0, 0.1) is 29.0 Å². The zero-order valence-corrected chi connectivity index (χ0v) is 15.2. The number of likely N-dealkylation sites (N-methyl/N-ethyl adjacent to an activating group) is 1. The van der Waals surface area contributed by atoms with E-state index in [2.05, 4.69) is 5.32 Å². The number of rotatable bonds is 6. The molecule has 0 saturated heterocycles. The molecule has 4 saturated carbocycles. The van der Waals surface area contributed by atoms with E-state index >= 15 is 0 Å². The van der Waals surface area contributed by atoms with E-state index in [1.54, 1.807) is 12.1 Å². The lowest BCUT2D eigenvalue weighted by atomic mass is 9.49. The topological polar surface area (TPSA) is 33.5 Å². The minimum Gasteiger partial charge on any atom is -0.351 e. The van der Waals surface area contributed by atoms with Crippen LogP contribution in [-0.4, -0.2) is 26.0 Å². The molecule has 3 nitrogen and oxygen atoms in total. The van der Waals surface area contributed by atoms with Gasteiger partial charge in [-0.25, -0.2) is 4.39 Å². The lowest BCUT2D eigenvalue weighted by Gasteiger charge is -2.56. The van der Waals surface area contributed by atoms with Crippen LogP contribution in [0.25, 0.3) is 0 Å². The number of hydrogen-bond acceptors (Lipinski definition) is 1. The molecule has 0 radical (unpaired) electrons. The van der Waals surface area contributed by atoms with E-state index in [0.29, 0.717) is 18.5 Å². The summed E-state index contributed by atoms with van der Waals surface area (Å²) in [6.07, 6.45) is 8.29. The van der Waals surface area contributed by atoms with Crippen LogP contribution in [0.1, 0.15) is 44.1 Å². The summed E-state index contributed by atoms with van der Waals surface area (Å²) >= 11 is 0. The molecule has 0 spiro atoms. The van der Waals surface area contributed by atoms with Crippen molar-refractivity contribution >= 4 is 5.91 Å². The first kappa shape index (κ1) is 17.0. The largest absolute Gasteiger partial charge is 0.351 e. The molecular formula is C21H30FN2O+. The number of benzene rings is 1. The number of carbonyl (C=O) groups excluding carboxylic acids is 1. The Morgan fingerprint density at radius 3 is 2.44 bits per heavy atom. The minimum atomic E-state index is -0.212. The monoisotopic (exact) mass is 345 g/mol. The number of hydrogen-bond donors (Lipinski definition) is 2. The molecule has 2 N–H and O–H groups in total. The standard InChI is InChI=1S/C21H29FN2O/c1-24(12-15-3-2-4-19(22)8-15)13-20(25)23-14-21-9-16-5-17(10-21)7-18(6-16)11-21/h2-4,8,16-18H,5-7,9-14H2,1H3,(H,23,25)/p+1. The molecular weight excluding hydrogens is 315 g/mol. The highest BCUT2D eigenvalue weighted by Gasteiger charge is 2.50. The molecule has 25 heavy (non-hydrogen) atoms. The van der Waals surface area contributed by atoms with E-state index in [1.165, 1.54) is 44.6 Å². The highest BCUT2D eigenvalue weighted by Crippen LogP contribution is 2.59. The Morgan fingerprint density at radius 2 is 1.84 bits per heavy atom. The normalized spacial score (nSPS) is 34.1. The van der Waals surface area contributed by atoms with Gasteiger partial charge < -0.3 is 10.2 Å². The SMILES string of the molecule is C[NH+](CC(=O)NCC12CC3CC(CC(C3)C1)C2)Cc1cccc(F)c1. The van der Waals surface area contributed by atoms with Crippen molar-refractivity contribution in [2.45, 2.75) is 45.1 Å². The number of halogens is 1. The van der Waals surface area contributed by atoms with Crippen molar-refractivity contribution in [2.24, 2.45) is 23.2 Å². The summed E-state index contributed by atoms with van der Waals surface area (Å²) in [6, 6.07) is 6.65. The van der Waals surface area contributed by atoms with Crippen molar-refractivity contribution < 1.29 is 14.1 Å². The van der Waals surface area contributed by atoms with Crippen molar-refractivity contribution in [1.29, 1.82) is 0 Å². The van der Waals surface area contributed by atoms with Crippen LogP contribution in [0.2, 0.25) is 0 Å². The Labute approximate surface area is 150 Å². The third kappa shape index (κ3) is 3.89. The first-order chi connectivity index (χ1) is 12.0. The van der Waals surface area contributed by atoms with Crippen LogP contribution in [0.4, 0.5) is 4.39 Å². The molecule has 4 aliphatic rings. The second-order valence-electron chi connectivity index (χ2n) is 9.13. The molecule has 4 fully saturated rings. The summed E-state index contributed by atoms with van der Waals surface area (Å²) in [5, 5.41) is 3.23. The molecule has 0 aromatic heterocycles. The fraction of sp³-hybridized carbons (Fsp3) is 0.667. The maximum absolute atomic E-state index is 13.3. The summed E-state index contributed by atoms with van der Waals surface area (Å²) in [4.78, 5) is 13.5. The average molecular weight is 345 g/mol. The van der Waals surface area contributed by atoms with Gasteiger partial charge in [0.05, 0.1) is 7.05 Å². The maximum Gasteiger partial charge on any atom is 0.275 e. The highest BCUT2D eigenvalue weighted by molar-refractivity contribution is 5.76. The van der Waals surface area contributed by atoms with Crippen molar-refractivity contribution in [3.8, 4) is 0 Å². The Kier molecular flexibility index (Phi) is 4.57. The van der Waals surface area contributed by atoms with Gasteiger partial charge in [0, 0.05) is 12.1 Å². The van der Waals surface area contributed by atoms with Gasteiger partial charge in [-0.3, -0.25) is 4.79 Å². The number of quaternary nitrogens is 1. The Balaban J connectivity index is 1.26. The third-order valence-electron chi connectivity index (χ3n) is 6.68. The fourth-order valence-corrected chi connectivity index (χ4v) is 6.19. The van der Waals surface area contributed by atoms with Crippen LogP contribution in [0.5, 0.6) is 0 Å². The molecule has 4 aliphatic carbocycles. The lowest BCUT2D eigenvalue weighted by molar-refractivity contribution is -0.885. The van der Waals surface area contributed by atoms with Gasteiger partial charge in [0.2, 0.25) is 0 Å². The molecule has 0 aliphatic heterocycles. The number of carbonyl (C=O) groups is 1. The van der Waals surface area contributed by atoms with Gasteiger partial charge in [0.1, 0.15) is 12.4 Å². The molecule has 1 aromatic rings. The van der Waals surface area contributed by atoms with E-state index in [9.17, 15) is 9.18 Å². The van der Waals surface area contributed by atoms with E-state index in [-0.39, 0.29) is 11.7 Å². The third-order valence-corrected chi connectivity index (χ3v) is 6.68. The predicted molar refractivity (Wildman–Crippen MR) is 95.5 cm³/mol. The Morgan fingerprint density at radius 1 is 1.20 bits per heavy atom. The predicted octanol–water partition coefficient (Wildman–Crippen LogP) is 2.17. The van der Waals surface area contributed by atoms with Crippen LogP contribution >= 0.6 is 0 Å². The van der Waals surface area contributed by atoms with Crippen LogP contribution < -0.4 is 10.2 Å². The molecule has 136 valence electrons. The van der Waals surface area contributed by atoms with Crippen LogP contribution in [-0.2, 0) is 11.3 Å². The fourth-order valence-electron chi connectivity index (χ4n) is 6.19.